The van der Waals surface area contributed by atoms with Crippen molar-refractivity contribution in [2.45, 2.75) is 13.8 Å². The summed E-state index contributed by atoms with van der Waals surface area (Å²) in [7, 11) is 0. The molecule has 1 heterocycles. The van der Waals surface area contributed by atoms with E-state index in [1.54, 1.807) is 60.7 Å². The molecule has 1 aliphatic heterocycles. The lowest BCUT2D eigenvalue weighted by molar-refractivity contribution is 0.0924. The molecule has 0 bridgehead atoms. The zero-order valence-corrected chi connectivity index (χ0v) is 17.8. The summed E-state index contributed by atoms with van der Waals surface area (Å²) >= 11 is 0. The molecule has 0 radical (unpaired) electrons. The fourth-order valence-electron chi connectivity index (χ4n) is 3.55. The minimum absolute atomic E-state index is 0.295. The number of nitrogens with zero attached hydrogens (tertiary/aromatic N) is 1. The van der Waals surface area contributed by atoms with Crippen LogP contribution in [0.3, 0.4) is 0 Å². The molecule has 0 unspecified atom stereocenters. The molecule has 0 saturated carbocycles. The summed E-state index contributed by atoms with van der Waals surface area (Å²) in [5.41, 5.74) is 1.79. The summed E-state index contributed by atoms with van der Waals surface area (Å²) in [6, 6.07) is 18.3. The molecule has 3 aromatic rings. The van der Waals surface area contributed by atoms with Gasteiger partial charge >= 0.3 is 0 Å². The molecule has 0 atom stereocenters. The Bertz CT molecular complexity index is 1170. The van der Waals surface area contributed by atoms with Crippen molar-refractivity contribution in [2.24, 2.45) is 0 Å². The van der Waals surface area contributed by atoms with Crippen molar-refractivity contribution in [3.05, 3.63) is 83.4 Å². The first-order chi connectivity index (χ1) is 15.5. The van der Waals surface area contributed by atoms with Gasteiger partial charge in [-0.2, -0.15) is 0 Å². The van der Waals surface area contributed by atoms with Gasteiger partial charge in [-0.25, -0.2) is 4.90 Å². The van der Waals surface area contributed by atoms with Crippen LogP contribution in [0.25, 0.3) is 0 Å². The topological polar surface area (TPSA) is 84.9 Å². The van der Waals surface area contributed by atoms with E-state index in [9.17, 15) is 14.4 Å². The molecule has 1 N–H and O–H groups in total. The van der Waals surface area contributed by atoms with Crippen molar-refractivity contribution < 1.29 is 23.9 Å². The van der Waals surface area contributed by atoms with Crippen molar-refractivity contribution in [1.29, 1.82) is 0 Å². The Morgan fingerprint density at radius 2 is 1.53 bits per heavy atom. The second-order valence-corrected chi connectivity index (χ2v) is 7.02. The third-order valence-corrected chi connectivity index (χ3v) is 4.97. The summed E-state index contributed by atoms with van der Waals surface area (Å²) in [5.74, 6) is -0.109. The molecule has 3 aromatic carbocycles. The molecule has 0 saturated heterocycles. The number of rotatable bonds is 7. The predicted molar refractivity (Wildman–Crippen MR) is 121 cm³/mol. The first-order valence-electron chi connectivity index (χ1n) is 10.3. The van der Waals surface area contributed by atoms with Crippen LogP contribution in [0.5, 0.6) is 11.5 Å². The molecule has 0 spiro atoms. The Morgan fingerprint density at radius 1 is 0.844 bits per heavy atom. The van der Waals surface area contributed by atoms with Crippen LogP contribution in [0.1, 0.15) is 44.9 Å². The van der Waals surface area contributed by atoms with Crippen LogP contribution in [0.15, 0.2) is 66.7 Å². The Hall–Kier alpha value is -4.13. The van der Waals surface area contributed by atoms with E-state index >= 15 is 0 Å². The number of carbonyl (C=O) groups excluding carboxylic acids is 3. The van der Waals surface area contributed by atoms with E-state index in [0.29, 0.717) is 52.8 Å². The molecule has 0 aliphatic carbocycles. The molecule has 162 valence electrons. The smallest absolute Gasteiger partial charge is 0.266 e. The van der Waals surface area contributed by atoms with Crippen molar-refractivity contribution in [2.75, 3.05) is 23.4 Å². The lowest BCUT2D eigenvalue weighted by atomic mass is 10.1. The Kier molecular flexibility index (Phi) is 5.89. The number of carbonyl (C=O) groups is 3. The van der Waals surface area contributed by atoms with Gasteiger partial charge < -0.3 is 14.8 Å². The largest absolute Gasteiger partial charge is 0.494 e. The molecule has 3 amide bonds. The van der Waals surface area contributed by atoms with Crippen LogP contribution < -0.4 is 19.7 Å². The average molecular weight is 430 g/mol. The van der Waals surface area contributed by atoms with Crippen LogP contribution in [-0.2, 0) is 0 Å². The molecule has 0 fully saturated rings. The zero-order valence-electron chi connectivity index (χ0n) is 17.8. The number of imide groups is 1. The van der Waals surface area contributed by atoms with Gasteiger partial charge in [0.1, 0.15) is 11.5 Å². The number of benzene rings is 3. The summed E-state index contributed by atoms with van der Waals surface area (Å²) < 4.78 is 11.1. The lowest BCUT2D eigenvalue weighted by Crippen LogP contribution is -2.29. The van der Waals surface area contributed by atoms with Gasteiger partial charge in [0.05, 0.1) is 35.7 Å². The maximum atomic E-state index is 13.0. The highest BCUT2D eigenvalue weighted by Crippen LogP contribution is 2.31. The third-order valence-electron chi connectivity index (χ3n) is 4.97. The maximum absolute atomic E-state index is 13.0. The zero-order chi connectivity index (χ0) is 22.7. The fourth-order valence-corrected chi connectivity index (χ4v) is 3.55. The standard InChI is InChI=1S/C25H22N2O5/c1-3-31-18-12-13-22(32-4-2)21(15-18)26-23(28)16-8-7-9-17(14-16)27-24(29)19-10-5-6-11-20(19)25(27)30/h5-15H,3-4H2,1-2H3,(H,26,28). The molecule has 7 heteroatoms. The number of amides is 3. The molecule has 0 aromatic heterocycles. The average Bonchev–Trinajstić information content (AvgIpc) is 3.06. The van der Waals surface area contributed by atoms with Gasteiger partial charge in [0.25, 0.3) is 17.7 Å². The van der Waals surface area contributed by atoms with E-state index in [0.717, 1.165) is 4.90 Å². The monoisotopic (exact) mass is 430 g/mol. The highest BCUT2D eigenvalue weighted by Gasteiger charge is 2.36. The first kappa shape index (κ1) is 21.1. The minimum Gasteiger partial charge on any atom is -0.494 e. The van der Waals surface area contributed by atoms with Crippen molar-refractivity contribution in [1.82, 2.24) is 0 Å². The molecular weight excluding hydrogens is 408 g/mol. The molecule has 32 heavy (non-hydrogen) atoms. The van der Waals surface area contributed by atoms with E-state index < -0.39 is 17.7 Å². The number of anilines is 2. The van der Waals surface area contributed by atoms with E-state index in [1.165, 1.54) is 6.07 Å². The Morgan fingerprint density at radius 3 is 2.19 bits per heavy atom. The first-order valence-corrected chi connectivity index (χ1v) is 10.3. The van der Waals surface area contributed by atoms with Crippen molar-refractivity contribution in [3.8, 4) is 11.5 Å². The molecule has 1 aliphatic rings. The normalized spacial score (nSPS) is 12.5. The van der Waals surface area contributed by atoms with E-state index in [1.807, 2.05) is 13.8 Å². The lowest BCUT2D eigenvalue weighted by Gasteiger charge is -2.16. The third kappa shape index (κ3) is 3.92. The van der Waals surface area contributed by atoms with Crippen LogP contribution >= 0.6 is 0 Å². The summed E-state index contributed by atoms with van der Waals surface area (Å²) in [4.78, 5) is 39.6. The van der Waals surface area contributed by atoms with Crippen LogP contribution in [-0.4, -0.2) is 30.9 Å². The van der Waals surface area contributed by atoms with Gasteiger partial charge in [-0.15, -0.1) is 0 Å². The number of fused-ring (bicyclic) bond motifs is 1. The van der Waals surface area contributed by atoms with E-state index in [-0.39, 0.29) is 0 Å². The van der Waals surface area contributed by atoms with Crippen molar-refractivity contribution in [3.63, 3.8) is 0 Å². The summed E-state index contributed by atoms with van der Waals surface area (Å²) in [6.07, 6.45) is 0. The number of nitrogens with one attached hydrogen (secondary N) is 1. The van der Waals surface area contributed by atoms with Gasteiger partial charge in [-0.1, -0.05) is 18.2 Å². The minimum atomic E-state index is -0.411. The van der Waals surface area contributed by atoms with Crippen LogP contribution in [0.2, 0.25) is 0 Å². The van der Waals surface area contributed by atoms with Gasteiger partial charge in [0, 0.05) is 11.6 Å². The Labute approximate surface area is 185 Å². The quantitative estimate of drug-likeness (QED) is 0.557. The highest BCUT2D eigenvalue weighted by atomic mass is 16.5. The van der Waals surface area contributed by atoms with Crippen LogP contribution in [0, 0.1) is 0 Å². The van der Waals surface area contributed by atoms with Crippen LogP contribution in [0.4, 0.5) is 11.4 Å². The van der Waals surface area contributed by atoms with Gasteiger partial charge in [-0.05, 0) is 56.3 Å². The van der Waals surface area contributed by atoms with E-state index in [2.05, 4.69) is 5.32 Å². The fraction of sp³-hybridized carbons (Fsp3) is 0.160. The van der Waals surface area contributed by atoms with Gasteiger partial charge in [-0.3, -0.25) is 14.4 Å². The number of hydrogen-bond donors (Lipinski definition) is 1. The van der Waals surface area contributed by atoms with Gasteiger partial charge in [0.15, 0.2) is 0 Å². The highest BCUT2D eigenvalue weighted by molar-refractivity contribution is 6.34. The molecule has 4 rings (SSSR count). The number of ether oxygens (including phenoxy) is 2. The summed E-state index contributed by atoms with van der Waals surface area (Å²) in [6.45, 7) is 4.66. The molecular formula is C25H22N2O5. The predicted octanol–water partition coefficient (Wildman–Crippen LogP) is 4.54. The Balaban J connectivity index is 1.61. The van der Waals surface area contributed by atoms with Crippen molar-refractivity contribution >= 4 is 29.1 Å². The molecule has 7 nitrogen and oxygen atoms in total. The maximum Gasteiger partial charge on any atom is 0.266 e. The second kappa shape index (κ2) is 8.93. The van der Waals surface area contributed by atoms with Gasteiger partial charge in [0.2, 0.25) is 0 Å². The summed E-state index contributed by atoms with van der Waals surface area (Å²) in [5, 5.41) is 2.84. The van der Waals surface area contributed by atoms with E-state index in [4.69, 9.17) is 9.47 Å². The second-order valence-electron chi connectivity index (χ2n) is 7.02. The SMILES string of the molecule is CCOc1ccc(OCC)c(NC(=O)c2cccc(N3C(=O)c4ccccc4C3=O)c2)c1. The number of hydrogen-bond acceptors (Lipinski definition) is 5.